The third kappa shape index (κ3) is 2.43. The Hall–Kier alpha value is -0.120. The standard InChI is InChI=1S/C8H16O3/c1-9-6-8(10-2)7-4-3-5-11-7/h7-8H,3-6H2,1-2H3. The summed E-state index contributed by atoms with van der Waals surface area (Å²) in [4.78, 5) is 0. The summed E-state index contributed by atoms with van der Waals surface area (Å²) in [5.74, 6) is 0. The van der Waals surface area contributed by atoms with Crippen molar-refractivity contribution in [1.82, 2.24) is 0 Å². The van der Waals surface area contributed by atoms with Gasteiger partial charge in [-0.05, 0) is 12.8 Å². The fourth-order valence-corrected chi connectivity index (χ4v) is 1.39. The molecule has 1 fully saturated rings. The van der Waals surface area contributed by atoms with Gasteiger partial charge in [-0.2, -0.15) is 0 Å². The molecule has 0 saturated carbocycles. The summed E-state index contributed by atoms with van der Waals surface area (Å²) in [6.45, 7) is 1.50. The smallest absolute Gasteiger partial charge is 0.106 e. The lowest BCUT2D eigenvalue weighted by Crippen LogP contribution is -2.31. The lowest BCUT2D eigenvalue weighted by molar-refractivity contribution is -0.0600. The van der Waals surface area contributed by atoms with Crippen LogP contribution in [0.1, 0.15) is 12.8 Å². The Labute approximate surface area is 67.6 Å². The number of hydrogen-bond acceptors (Lipinski definition) is 3. The van der Waals surface area contributed by atoms with E-state index in [9.17, 15) is 0 Å². The van der Waals surface area contributed by atoms with Crippen LogP contribution in [0.5, 0.6) is 0 Å². The molecule has 0 aliphatic carbocycles. The second kappa shape index (κ2) is 4.70. The molecule has 66 valence electrons. The molecular formula is C8H16O3. The van der Waals surface area contributed by atoms with Gasteiger partial charge in [-0.15, -0.1) is 0 Å². The lowest BCUT2D eigenvalue weighted by atomic mass is 10.1. The predicted octanol–water partition coefficient (Wildman–Crippen LogP) is 0.827. The number of rotatable bonds is 4. The second-order valence-electron chi connectivity index (χ2n) is 2.78. The van der Waals surface area contributed by atoms with Gasteiger partial charge in [0.05, 0.1) is 12.7 Å². The van der Waals surface area contributed by atoms with Crippen LogP contribution < -0.4 is 0 Å². The highest BCUT2D eigenvalue weighted by molar-refractivity contribution is 4.74. The molecule has 1 saturated heterocycles. The second-order valence-corrected chi connectivity index (χ2v) is 2.78. The Balaban J connectivity index is 2.27. The van der Waals surface area contributed by atoms with Crippen LogP contribution in [0.15, 0.2) is 0 Å². The van der Waals surface area contributed by atoms with Crippen molar-refractivity contribution in [2.75, 3.05) is 27.4 Å². The molecule has 1 aliphatic rings. The van der Waals surface area contributed by atoms with Crippen LogP contribution >= 0.6 is 0 Å². The first kappa shape index (κ1) is 8.97. The van der Waals surface area contributed by atoms with Crippen LogP contribution in [0, 0.1) is 0 Å². The van der Waals surface area contributed by atoms with Gasteiger partial charge >= 0.3 is 0 Å². The van der Waals surface area contributed by atoms with Crippen molar-refractivity contribution in [3.8, 4) is 0 Å². The van der Waals surface area contributed by atoms with Gasteiger partial charge in [0.15, 0.2) is 0 Å². The van der Waals surface area contributed by atoms with Gasteiger partial charge in [-0.25, -0.2) is 0 Å². The molecule has 1 aliphatic heterocycles. The van der Waals surface area contributed by atoms with Crippen molar-refractivity contribution >= 4 is 0 Å². The maximum absolute atomic E-state index is 5.45. The number of methoxy groups -OCH3 is 2. The Morgan fingerprint density at radius 2 is 2.36 bits per heavy atom. The molecule has 3 heteroatoms. The summed E-state index contributed by atoms with van der Waals surface area (Å²) in [6, 6.07) is 0. The Morgan fingerprint density at radius 3 is 2.82 bits per heavy atom. The SMILES string of the molecule is COCC(OC)C1CCCO1. The van der Waals surface area contributed by atoms with E-state index >= 15 is 0 Å². The minimum atomic E-state index is 0.113. The van der Waals surface area contributed by atoms with Crippen molar-refractivity contribution in [3.63, 3.8) is 0 Å². The minimum Gasteiger partial charge on any atom is -0.382 e. The number of ether oxygens (including phenoxy) is 3. The summed E-state index contributed by atoms with van der Waals surface area (Å²) in [5, 5.41) is 0. The summed E-state index contributed by atoms with van der Waals surface area (Å²) in [7, 11) is 3.38. The molecule has 0 aromatic carbocycles. The van der Waals surface area contributed by atoms with E-state index in [4.69, 9.17) is 14.2 Å². The van der Waals surface area contributed by atoms with E-state index in [0.29, 0.717) is 6.61 Å². The van der Waals surface area contributed by atoms with Crippen LogP contribution in [0.4, 0.5) is 0 Å². The average Bonchev–Trinajstić information content (AvgIpc) is 2.52. The van der Waals surface area contributed by atoms with Crippen molar-refractivity contribution < 1.29 is 14.2 Å². The summed E-state index contributed by atoms with van der Waals surface area (Å²) in [6.07, 6.45) is 2.61. The first-order chi connectivity index (χ1) is 5.38. The zero-order chi connectivity index (χ0) is 8.10. The van der Waals surface area contributed by atoms with Gasteiger partial charge in [0.2, 0.25) is 0 Å². The lowest BCUT2D eigenvalue weighted by Gasteiger charge is -2.20. The summed E-state index contributed by atoms with van der Waals surface area (Å²) in [5.41, 5.74) is 0. The molecule has 0 N–H and O–H groups in total. The van der Waals surface area contributed by atoms with E-state index in [1.807, 2.05) is 0 Å². The fourth-order valence-electron chi connectivity index (χ4n) is 1.39. The molecular weight excluding hydrogens is 144 g/mol. The van der Waals surface area contributed by atoms with Crippen molar-refractivity contribution in [2.45, 2.75) is 25.0 Å². The highest BCUT2D eigenvalue weighted by Gasteiger charge is 2.25. The minimum absolute atomic E-state index is 0.113. The van der Waals surface area contributed by atoms with Crippen LogP contribution in [-0.4, -0.2) is 39.6 Å². The molecule has 1 rings (SSSR count). The van der Waals surface area contributed by atoms with E-state index < -0.39 is 0 Å². The Kier molecular flexibility index (Phi) is 3.83. The van der Waals surface area contributed by atoms with Gasteiger partial charge in [0.25, 0.3) is 0 Å². The molecule has 0 bridgehead atoms. The van der Waals surface area contributed by atoms with Crippen molar-refractivity contribution in [3.05, 3.63) is 0 Å². The summed E-state index contributed by atoms with van der Waals surface area (Å²) < 4.78 is 15.7. The quantitative estimate of drug-likeness (QED) is 0.609. The zero-order valence-electron chi connectivity index (χ0n) is 7.21. The molecule has 0 spiro atoms. The van der Waals surface area contributed by atoms with Gasteiger partial charge in [0, 0.05) is 20.8 Å². The molecule has 0 aromatic heterocycles. The molecule has 1 heterocycles. The molecule has 11 heavy (non-hydrogen) atoms. The average molecular weight is 160 g/mol. The first-order valence-electron chi connectivity index (χ1n) is 4.02. The van der Waals surface area contributed by atoms with Gasteiger partial charge in [0.1, 0.15) is 6.10 Å². The topological polar surface area (TPSA) is 27.7 Å². The summed E-state index contributed by atoms with van der Waals surface area (Å²) >= 11 is 0. The van der Waals surface area contributed by atoms with Crippen LogP contribution in [0.2, 0.25) is 0 Å². The predicted molar refractivity (Wildman–Crippen MR) is 41.6 cm³/mol. The van der Waals surface area contributed by atoms with E-state index in [1.54, 1.807) is 14.2 Å². The largest absolute Gasteiger partial charge is 0.382 e. The fraction of sp³-hybridized carbons (Fsp3) is 1.00. The highest BCUT2D eigenvalue weighted by atomic mass is 16.6. The van der Waals surface area contributed by atoms with Crippen LogP contribution in [-0.2, 0) is 14.2 Å². The Bertz CT molecular complexity index is 99.5. The van der Waals surface area contributed by atoms with Gasteiger partial charge in [-0.1, -0.05) is 0 Å². The monoisotopic (exact) mass is 160 g/mol. The maximum atomic E-state index is 5.45. The molecule has 0 aromatic rings. The normalized spacial score (nSPS) is 27.3. The van der Waals surface area contributed by atoms with E-state index in [0.717, 1.165) is 19.4 Å². The van der Waals surface area contributed by atoms with Crippen LogP contribution in [0.3, 0.4) is 0 Å². The van der Waals surface area contributed by atoms with Crippen molar-refractivity contribution in [2.24, 2.45) is 0 Å². The number of hydrogen-bond donors (Lipinski definition) is 0. The van der Waals surface area contributed by atoms with E-state index in [1.165, 1.54) is 0 Å². The first-order valence-corrected chi connectivity index (χ1v) is 4.02. The molecule has 2 unspecified atom stereocenters. The molecule has 0 radical (unpaired) electrons. The molecule has 3 nitrogen and oxygen atoms in total. The zero-order valence-corrected chi connectivity index (χ0v) is 7.21. The molecule has 2 atom stereocenters. The maximum Gasteiger partial charge on any atom is 0.106 e. The van der Waals surface area contributed by atoms with Crippen molar-refractivity contribution in [1.29, 1.82) is 0 Å². The van der Waals surface area contributed by atoms with E-state index in [2.05, 4.69) is 0 Å². The van der Waals surface area contributed by atoms with E-state index in [-0.39, 0.29) is 12.2 Å². The van der Waals surface area contributed by atoms with Gasteiger partial charge in [-0.3, -0.25) is 0 Å². The third-order valence-corrected chi connectivity index (χ3v) is 2.01. The highest BCUT2D eigenvalue weighted by Crippen LogP contribution is 2.17. The third-order valence-electron chi connectivity index (χ3n) is 2.01. The van der Waals surface area contributed by atoms with Gasteiger partial charge < -0.3 is 14.2 Å². The van der Waals surface area contributed by atoms with Crippen LogP contribution in [0.25, 0.3) is 0 Å². The Morgan fingerprint density at radius 1 is 1.55 bits per heavy atom. The molecule has 0 amide bonds.